The highest BCUT2D eigenvalue weighted by molar-refractivity contribution is 6.46. The zero-order chi connectivity index (χ0) is 19.6. The van der Waals surface area contributed by atoms with E-state index in [9.17, 15) is 19.1 Å². The number of Topliss-reactive ketones (excluding diaryl/α,β-unsaturated/α-hetero) is 1. The van der Waals surface area contributed by atoms with Gasteiger partial charge in [0.25, 0.3) is 11.7 Å². The number of pyridine rings is 1. The Morgan fingerprint density at radius 1 is 1.30 bits per heavy atom. The number of benzene rings is 1. The molecule has 6 heteroatoms. The number of likely N-dealkylation sites (tertiary alicyclic amines) is 1. The zero-order valence-electron chi connectivity index (χ0n) is 15.3. The highest BCUT2D eigenvalue weighted by Crippen LogP contribution is 2.39. The van der Waals surface area contributed by atoms with Crippen molar-refractivity contribution in [2.45, 2.75) is 32.7 Å². The van der Waals surface area contributed by atoms with Gasteiger partial charge in [0.05, 0.1) is 11.6 Å². The molecule has 1 unspecified atom stereocenters. The van der Waals surface area contributed by atoms with Gasteiger partial charge >= 0.3 is 0 Å². The first-order chi connectivity index (χ1) is 13.0. The molecule has 1 amide bonds. The van der Waals surface area contributed by atoms with Crippen molar-refractivity contribution in [2.24, 2.45) is 0 Å². The standard InChI is InChI=1S/C21H21FN2O3/c1-3-4-10-24-18(15-6-5-9-23-12-15)17(20(26)21(24)27)19(25)14-7-8-16(22)13(2)11-14/h5-9,11-12,18,25H,3-4,10H2,1-2H3/b19-17-. The molecular weight excluding hydrogens is 347 g/mol. The Labute approximate surface area is 157 Å². The number of aromatic nitrogens is 1. The minimum atomic E-state index is -0.737. The number of aliphatic hydroxyl groups excluding tert-OH is 1. The summed E-state index contributed by atoms with van der Waals surface area (Å²) in [5, 5.41) is 10.8. The lowest BCUT2D eigenvalue weighted by atomic mass is 9.95. The summed E-state index contributed by atoms with van der Waals surface area (Å²) in [6.45, 7) is 3.97. The topological polar surface area (TPSA) is 70.5 Å². The number of aliphatic hydroxyl groups is 1. The number of carbonyl (C=O) groups excluding carboxylic acids is 2. The third-order valence-electron chi connectivity index (χ3n) is 4.72. The fraction of sp³-hybridized carbons (Fsp3) is 0.286. The van der Waals surface area contributed by atoms with Crippen LogP contribution in [0.3, 0.4) is 0 Å². The lowest BCUT2D eigenvalue weighted by Gasteiger charge is -2.24. The summed E-state index contributed by atoms with van der Waals surface area (Å²) in [5.74, 6) is -2.08. The number of nitrogens with zero attached hydrogens (tertiary/aromatic N) is 2. The molecular formula is C21H21FN2O3. The number of hydrogen-bond acceptors (Lipinski definition) is 4. The SMILES string of the molecule is CCCCN1C(=O)C(=O)/C(=C(\O)c2ccc(F)c(C)c2)C1c1cccnc1. The molecule has 2 heterocycles. The van der Waals surface area contributed by atoms with Crippen molar-refractivity contribution in [3.05, 3.63) is 70.8 Å². The van der Waals surface area contributed by atoms with E-state index in [2.05, 4.69) is 4.98 Å². The molecule has 3 rings (SSSR count). The van der Waals surface area contributed by atoms with Gasteiger partial charge in [0, 0.05) is 24.5 Å². The second kappa shape index (κ2) is 7.70. The van der Waals surface area contributed by atoms with Crippen LogP contribution in [0.5, 0.6) is 0 Å². The molecule has 1 saturated heterocycles. The predicted molar refractivity (Wildman–Crippen MR) is 99.3 cm³/mol. The van der Waals surface area contributed by atoms with E-state index >= 15 is 0 Å². The van der Waals surface area contributed by atoms with Crippen LogP contribution in [0.2, 0.25) is 0 Å². The highest BCUT2D eigenvalue weighted by atomic mass is 19.1. The van der Waals surface area contributed by atoms with Crippen LogP contribution in [-0.2, 0) is 9.59 Å². The average molecular weight is 368 g/mol. The molecule has 5 nitrogen and oxygen atoms in total. The maximum Gasteiger partial charge on any atom is 0.295 e. The Balaban J connectivity index is 2.16. The summed E-state index contributed by atoms with van der Waals surface area (Å²) >= 11 is 0. The molecule has 27 heavy (non-hydrogen) atoms. The minimum Gasteiger partial charge on any atom is -0.507 e. The monoisotopic (exact) mass is 368 g/mol. The van der Waals surface area contributed by atoms with Crippen LogP contribution in [0.25, 0.3) is 5.76 Å². The molecule has 1 aromatic carbocycles. The second-order valence-corrected chi connectivity index (χ2v) is 6.60. The van der Waals surface area contributed by atoms with Gasteiger partial charge in [-0.05, 0) is 48.7 Å². The second-order valence-electron chi connectivity index (χ2n) is 6.60. The third-order valence-corrected chi connectivity index (χ3v) is 4.72. The van der Waals surface area contributed by atoms with E-state index in [1.54, 1.807) is 31.5 Å². The molecule has 140 valence electrons. The first kappa shape index (κ1) is 18.8. The van der Waals surface area contributed by atoms with E-state index in [0.717, 1.165) is 12.8 Å². The van der Waals surface area contributed by atoms with Gasteiger partial charge in [-0.2, -0.15) is 0 Å². The molecule has 1 atom stereocenters. The van der Waals surface area contributed by atoms with Crippen molar-refractivity contribution in [1.82, 2.24) is 9.88 Å². The van der Waals surface area contributed by atoms with E-state index in [1.165, 1.54) is 23.1 Å². The quantitative estimate of drug-likeness (QED) is 0.496. The molecule has 1 N–H and O–H groups in total. The van der Waals surface area contributed by atoms with Crippen LogP contribution in [0.1, 0.15) is 42.5 Å². The van der Waals surface area contributed by atoms with Crippen LogP contribution in [0.15, 0.2) is 48.3 Å². The van der Waals surface area contributed by atoms with Crippen LogP contribution >= 0.6 is 0 Å². The Hall–Kier alpha value is -3.02. The Kier molecular flexibility index (Phi) is 5.35. The Morgan fingerprint density at radius 2 is 2.07 bits per heavy atom. The van der Waals surface area contributed by atoms with Gasteiger partial charge in [0.15, 0.2) is 0 Å². The van der Waals surface area contributed by atoms with Crippen LogP contribution in [0, 0.1) is 12.7 Å². The van der Waals surface area contributed by atoms with Gasteiger partial charge in [0.1, 0.15) is 11.6 Å². The fourth-order valence-corrected chi connectivity index (χ4v) is 3.27. The summed E-state index contributed by atoms with van der Waals surface area (Å²) in [6.07, 6.45) is 4.78. The molecule has 1 fully saturated rings. The zero-order valence-corrected chi connectivity index (χ0v) is 15.3. The van der Waals surface area contributed by atoms with Crippen molar-refractivity contribution >= 4 is 17.4 Å². The van der Waals surface area contributed by atoms with Gasteiger partial charge < -0.3 is 10.0 Å². The van der Waals surface area contributed by atoms with Crippen LogP contribution < -0.4 is 0 Å². The number of unbranched alkanes of at least 4 members (excludes halogenated alkanes) is 1. The average Bonchev–Trinajstić information content (AvgIpc) is 2.93. The Bertz CT molecular complexity index is 909. The van der Waals surface area contributed by atoms with E-state index in [0.29, 0.717) is 23.2 Å². The molecule has 0 bridgehead atoms. The molecule has 1 aliphatic heterocycles. The van der Waals surface area contributed by atoms with Crippen molar-refractivity contribution < 1.29 is 19.1 Å². The summed E-state index contributed by atoms with van der Waals surface area (Å²) in [7, 11) is 0. The van der Waals surface area contributed by atoms with Gasteiger partial charge in [0.2, 0.25) is 0 Å². The molecule has 1 aliphatic rings. The van der Waals surface area contributed by atoms with Gasteiger partial charge in [-0.1, -0.05) is 19.4 Å². The van der Waals surface area contributed by atoms with Gasteiger partial charge in [-0.3, -0.25) is 14.6 Å². The van der Waals surface area contributed by atoms with E-state index in [4.69, 9.17) is 0 Å². The van der Waals surface area contributed by atoms with Gasteiger partial charge in [-0.25, -0.2) is 4.39 Å². The Morgan fingerprint density at radius 3 is 2.70 bits per heavy atom. The van der Waals surface area contributed by atoms with Crippen molar-refractivity contribution in [3.8, 4) is 0 Å². The number of ketones is 1. The summed E-state index contributed by atoms with van der Waals surface area (Å²) in [5.41, 5.74) is 1.30. The normalized spacial score (nSPS) is 18.9. The number of aryl methyl sites for hydroxylation is 1. The number of carbonyl (C=O) groups is 2. The van der Waals surface area contributed by atoms with E-state index in [1.807, 2.05) is 6.92 Å². The minimum absolute atomic E-state index is 0.00936. The number of rotatable bonds is 5. The molecule has 0 saturated carbocycles. The van der Waals surface area contributed by atoms with Crippen molar-refractivity contribution in [2.75, 3.05) is 6.54 Å². The molecule has 1 aromatic heterocycles. The van der Waals surface area contributed by atoms with Crippen molar-refractivity contribution in [3.63, 3.8) is 0 Å². The summed E-state index contributed by atoms with van der Waals surface area (Å²) in [4.78, 5) is 30.9. The summed E-state index contributed by atoms with van der Waals surface area (Å²) < 4.78 is 13.6. The molecule has 0 radical (unpaired) electrons. The molecule has 0 spiro atoms. The number of hydrogen-bond donors (Lipinski definition) is 1. The third kappa shape index (κ3) is 3.47. The first-order valence-corrected chi connectivity index (χ1v) is 8.90. The van der Waals surface area contributed by atoms with Crippen LogP contribution in [0.4, 0.5) is 4.39 Å². The largest absolute Gasteiger partial charge is 0.507 e. The lowest BCUT2D eigenvalue weighted by molar-refractivity contribution is -0.139. The predicted octanol–water partition coefficient (Wildman–Crippen LogP) is 3.75. The molecule has 2 aromatic rings. The van der Waals surface area contributed by atoms with E-state index in [-0.39, 0.29) is 11.3 Å². The van der Waals surface area contributed by atoms with E-state index < -0.39 is 23.5 Å². The fourth-order valence-electron chi connectivity index (χ4n) is 3.27. The number of halogens is 1. The number of amides is 1. The van der Waals surface area contributed by atoms with Crippen LogP contribution in [-0.4, -0.2) is 33.2 Å². The lowest BCUT2D eigenvalue weighted by Crippen LogP contribution is -2.30. The smallest absolute Gasteiger partial charge is 0.295 e. The van der Waals surface area contributed by atoms with Crippen molar-refractivity contribution in [1.29, 1.82) is 0 Å². The summed E-state index contributed by atoms with van der Waals surface area (Å²) in [6, 6.07) is 6.87. The first-order valence-electron chi connectivity index (χ1n) is 8.90. The van der Waals surface area contributed by atoms with Gasteiger partial charge in [-0.15, -0.1) is 0 Å². The maximum absolute atomic E-state index is 13.6. The highest BCUT2D eigenvalue weighted by Gasteiger charge is 2.45. The maximum atomic E-state index is 13.6. The molecule has 0 aliphatic carbocycles.